The summed E-state index contributed by atoms with van der Waals surface area (Å²) in [5.41, 5.74) is -0.597. The van der Waals surface area contributed by atoms with Crippen molar-refractivity contribution >= 4 is 0 Å². The number of aliphatic hydroxyl groups excluding tert-OH is 2. The van der Waals surface area contributed by atoms with Crippen LogP contribution >= 0.6 is 0 Å². The van der Waals surface area contributed by atoms with E-state index in [2.05, 4.69) is 0 Å². The van der Waals surface area contributed by atoms with E-state index in [0.717, 1.165) is 12.1 Å². The molecule has 0 aliphatic heterocycles. The molecular weight excluding hydrogens is 380 g/mol. The van der Waals surface area contributed by atoms with Gasteiger partial charge in [-0.1, -0.05) is 6.92 Å². The van der Waals surface area contributed by atoms with E-state index in [9.17, 15) is 22.7 Å². The lowest BCUT2D eigenvalue weighted by atomic mass is 10.0. The summed E-state index contributed by atoms with van der Waals surface area (Å²) in [5, 5.41) is 18.0. The molecule has 0 aliphatic rings. The van der Waals surface area contributed by atoms with Gasteiger partial charge in [-0.15, -0.1) is 0 Å². The molecule has 0 bridgehead atoms. The van der Waals surface area contributed by atoms with Crippen molar-refractivity contribution in [1.29, 1.82) is 0 Å². The predicted octanol–water partition coefficient (Wildman–Crippen LogP) is 3.98. The highest BCUT2D eigenvalue weighted by atomic mass is 19.3. The second kappa shape index (κ2) is 9.25. The van der Waals surface area contributed by atoms with Gasteiger partial charge in [0.2, 0.25) is 0 Å². The van der Waals surface area contributed by atoms with Gasteiger partial charge in [-0.3, -0.25) is 0 Å². The monoisotopic (exact) mass is 402 g/mol. The molecule has 4 nitrogen and oxygen atoms in total. The SMILES string of the molecule is CCC(O)COc1ccc(C(F)(F)c2ccc(OCC(F)(F)CO)cc2)cc1. The van der Waals surface area contributed by atoms with Crippen molar-refractivity contribution in [2.45, 2.75) is 31.3 Å². The van der Waals surface area contributed by atoms with Crippen molar-refractivity contribution in [3.63, 3.8) is 0 Å². The molecule has 28 heavy (non-hydrogen) atoms. The zero-order chi connectivity index (χ0) is 20.8. The molecule has 1 unspecified atom stereocenters. The smallest absolute Gasteiger partial charge is 0.303 e. The molecule has 2 aromatic carbocycles. The summed E-state index contributed by atoms with van der Waals surface area (Å²) in [6.45, 7) is -0.539. The Kier molecular flexibility index (Phi) is 7.26. The van der Waals surface area contributed by atoms with Crippen LogP contribution in [0.5, 0.6) is 11.5 Å². The lowest BCUT2D eigenvalue weighted by Gasteiger charge is -2.19. The lowest BCUT2D eigenvalue weighted by molar-refractivity contribution is -0.0801. The molecule has 154 valence electrons. The number of alkyl halides is 4. The lowest BCUT2D eigenvalue weighted by Crippen LogP contribution is -2.29. The first-order valence-electron chi connectivity index (χ1n) is 8.69. The fourth-order valence-corrected chi connectivity index (χ4v) is 2.23. The Bertz CT molecular complexity index is 733. The molecule has 1 atom stereocenters. The van der Waals surface area contributed by atoms with Crippen LogP contribution in [0, 0.1) is 0 Å². The van der Waals surface area contributed by atoms with E-state index in [1.165, 1.54) is 36.4 Å². The molecule has 2 N–H and O–H groups in total. The van der Waals surface area contributed by atoms with E-state index < -0.39 is 31.2 Å². The summed E-state index contributed by atoms with van der Waals surface area (Å²) in [5.74, 6) is -6.36. The third kappa shape index (κ3) is 5.84. The molecular formula is C20H22F4O4. The average Bonchev–Trinajstić information content (AvgIpc) is 2.71. The molecule has 0 amide bonds. The number of aliphatic hydroxyl groups is 2. The number of ether oxygens (including phenoxy) is 2. The maximum atomic E-state index is 14.7. The van der Waals surface area contributed by atoms with Crippen LogP contribution in [0.15, 0.2) is 48.5 Å². The quantitative estimate of drug-likeness (QED) is 0.591. The average molecular weight is 402 g/mol. The van der Waals surface area contributed by atoms with Crippen molar-refractivity contribution in [3.05, 3.63) is 59.7 Å². The van der Waals surface area contributed by atoms with Crippen LogP contribution in [0.3, 0.4) is 0 Å². The minimum absolute atomic E-state index is 0.00842. The van der Waals surface area contributed by atoms with Gasteiger partial charge in [0, 0.05) is 11.1 Å². The molecule has 2 aromatic rings. The van der Waals surface area contributed by atoms with E-state index in [4.69, 9.17) is 14.6 Å². The fourth-order valence-electron chi connectivity index (χ4n) is 2.23. The van der Waals surface area contributed by atoms with Crippen LogP contribution in [-0.2, 0) is 5.92 Å². The fraction of sp³-hybridized carbons (Fsp3) is 0.400. The van der Waals surface area contributed by atoms with Gasteiger partial charge < -0.3 is 19.7 Å². The maximum absolute atomic E-state index is 14.7. The van der Waals surface area contributed by atoms with Gasteiger partial charge in [0.15, 0.2) is 6.61 Å². The van der Waals surface area contributed by atoms with Crippen LogP contribution in [0.25, 0.3) is 0 Å². The van der Waals surface area contributed by atoms with Crippen molar-refractivity contribution in [1.82, 2.24) is 0 Å². The highest BCUT2D eigenvalue weighted by Crippen LogP contribution is 2.37. The van der Waals surface area contributed by atoms with Gasteiger partial charge in [-0.05, 0) is 55.0 Å². The van der Waals surface area contributed by atoms with E-state index in [0.29, 0.717) is 12.2 Å². The standard InChI is InChI=1S/C20H22F4O4/c1-2-16(26)11-27-17-7-3-14(4-8-17)20(23,24)15-5-9-18(10-6-15)28-13-19(21,22)12-25/h3-10,16,25-26H,2,11-13H2,1H3. The Morgan fingerprint density at radius 3 is 1.75 bits per heavy atom. The summed E-state index contributed by atoms with van der Waals surface area (Å²) in [6.07, 6.45) is -0.104. The second-order valence-corrected chi connectivity index (χ2v) is 6.30. The molecule has 2 rings (SSSR count). The van der Waals surface area contributed by atoms with Gasteiger partial charge >= 0.3 is 5.92 Å². The molecule has 0 saturated heterocycles. The molecule has 0 heterocycles. The Balaban J connectivity index is 2.05. The van der Waals surface area contributed by atoms with Crippen molar-refractivity contribution < 1.29 is 37.2 Å². The first kappa shape index (κ1) is 22.0. The van der Waals surface area contributed by atoms with Gasteiger partial charge in [0.1, 0.15) is 24.7 Å². The van der Waals surface area contributed by atoms with Gasteiger partial charge in [0.05, 0.1) is 6.10 Å². The molecule has 0 fully saturated rings. The molecule has 0 radical (unpaired) electrons. The zero-order valence-electron chi connectivity index (χ0n) is 15.2. The van der Waals surface area contributed by atoms with Crippen molar-refractivity contribution in [3.8, 4) is 11.5 Å². The summed E-state index contributed by atoms with van der Waals surface area (Å²) < 4.78 is 65.4. The van der Waals surface area contributed by atoms with E-state index in [1.54, 1.807) is 6.92 Å². The molecule has 8 heteroatoms. The Hall–Kier alpha value is -2.32. The summed E-state index contributed by atoms with van der Waals surface area (Å²) in [6, 6.07) is 9.74. The maximum Gasteiger partial charge on any atom is 0.303 e. The van der Waals surface area contributed by atoms with Crippen molar-refractivity contribution in [2.24, 2.45) is 0 Å². The van der Waals surface area contributed by atoms with E-state index >= 15 is 0 Å². The number of halogens is 4. The van der Waals surface area contributed by atoms with Crippen LogP contribution in [0.1, 0.15) is 24.5 Å². The normalized spacial score (nSPS) is 13.2. The van der Waals surface area contributed by atoms with Crippen LogP contribution in [0.2, 0.25) is 0 Å². The molecule has 0 aromatic heterocycles. The molecule has 0 saturated carbocycles. The Morgan fingerprint density at radius 1 is 0.857 bits per heavy atom. The summed E-state index contributed by atoms with van der Waals surface area (Å²) >= 11 is 0. The molecule has 0 aliphatic carbocycles. The minimum Gasteiger partial charge on any atom is -0.491 e. The topological polar surface area (TPSA) is 58.9 Å². The third-order valence-corrected chi connectivity index (χ3v) is 4.03. The molecule has 0 spiro atoms. The minimum atomic E-state index is -3.40. The van der Waals surface area contributed by atoms with Gasteiger partial charge in [-0.2, -0.15) is 8.78 Å². The van der Waals surface area contributed by atoms with Crippen molar-refractivity contribution in [2.75, 3.05) is 19.8 Å². The second-order valence-electron chi connectivity index (χ2n) is 6.30. The van der Waals surface area contributed by atoms with Crippen LogP contribution < -0.4 is 9.47 Å². The third-order valence-electron chi connectivity index (χ3n) is 4.03. The Labute approximate surface area is 160 Å². The first-order chi connectivity index (χ1) is 13.2. The summed E-state index contributed by atoms with van der Waals surface area (Å²) in [4.78, 5) is 0. The van der Waals surface area contributed by atoms with Gasteiger partial charge in [-0.25, -0.2) is 8.78 Å². The van der Waals surface area contributed by atoms with Gasteiger partial charge in [0.25, 0.3) is 5.92 Å². The van der Waals surface area contributed by atoms with Crippen LogP contribution in [-0.4, -0.2) is 42.1 Å². The highest BCUT2D eigenvalue weighted by molar-refractivity contribution is 5.39. The zero-order valence-corrected chi connectivity index (χ0v) is 15.2. The summed E-state index contributed by atoms with van der Waals surface area (Å²) in [7, 11) is 0. The van der Waals surface area contributed by atoms with E-state index in [1.807, 2.05) is 0 Å². The number of hydrogen-bond donors (Lipinski definition) is 2. The van der Waals surface area contributed by atoms with E-state index in [-0.39, 0.29) is 23.5 Å². The number of rotatable bonds is 10. The Morgan fingerprint density at radius 2 is 1.32 bits per heavy atom. The highest BCUT2D eigenvalue weighted by Gasteiger charge is 2.34. The largest absolute Gasteiger partial charge is 0.491 e. The first-order valence-corrected chi connectivity index (χ1v) is 8.69. The van der Waals surface area contributed by atoms with Crippen LogP contribution in [0.4, 0.5) is 17.6 Å². The number of hydrogen-bond acceptors (Lipinski definition) is 4. The predicted molar refractivity (Wildman–Crippen MR) is 95.2 cm³/mol. The number of benzene rings is 2.